The zero-order valence-electron chi connectivity index (χ0n) is 15.0. The highest BCUT2D eigenvalue weighted by Gasteiger charge is 2.29. The summed E-state index contributed by atoms with van der Waals surface area (Å²) < 4.78 is 1.57. The van der Waals surface area contributed by atoms with Gasteiger partial charge >= 0.3 is 0 Å². The molecule has 0 spiro atoms. The number of pyridine rings is 2. The molecule has 136 valence electrons. The zero-order valence-corrected chi connectivity index (χ0v) is 15.0. The van der Waals surface area contributed by atoms with Crippen LogP contribution < -0.4 is 5.73 Å². The van der Waals surface area contributed by atoms with Gasteiger partial charge in [-0.25, -0.2) is 4.98 Å². The predicted molar refractivity (Wildman–Crippen MR) is 106 cm³/mol. The molecule has 5 rings (SSSR count). The van der Waals surface area contributed by atoms with Crippen molar-refractivity contribution in [2.75, 3.05) is 5.73 Å². The number of fused-ring (bicyclic) bond motifs is 2. The summed E-state index contributed by atoms with van der Waals surface area (Å²) in [7, 11) is 0. The molecule has 4 N–H and O–H groups in total. The number of benzene rings is 1. The molecule has 1 aliphatic carbocycles. The van der Waals surface area contributed by atoms with E-state index in [1.54, 1.807) is 4.57 Å². The largest absolute Gasteiger partial charge is 0.494 e. The number of para-hydroxylation sites is 1. The third kappa shape index (κ3) is 2.19. The van der Waals surface area contributed by atoms with Crippen LogP contribution in [0, 0.1) is 6.92 Å². The van der Waals surface area contributed by atoms with E-state index >= 15 is 0 Å². The average Bonchev–Trinajstić information content (AvgIpc) is 2.85. The Balaban J connectivity index is 1.86. The first-order valence-corrected chi connectivity index (χ1v) is 9.14. The summed E-state index contributed by atoms with van der Waals surface area (Å²) in [5.74, 6) is -0.0222. The minimum atomic E-state index is -0.0206. The molecular weight excluding hydrogens is 340 g/mol. The number of nitrogens with zero attached hydrogens (tertiary/aromatic N) is 3. The molecule has 0 unspecified atom stereocenters. The van der Waals surface area contributed by atoms with Crippen molar-refractivity contribution in [1.29, 1.82) is 0 Å². The summed E-state index contributed by atoms with van der Waals surface area (Å²) in [6.07, 6.45) is 2.95. The van der Waals surface area contributed by atoms with Crippen LogP contribution in [-0.4, -0.2) is 24.7 Å². The van der Waals surface area contributed by atoms with Crippen molar-refractivity contribution in [1.82, 2.24) is 14.5 Å². The molecule has 0 atom stereocenters. The van der Waals surface area contributed by atoms with E-state index in [-0.39, 0.29) is 17.8 Å². The molecule has 0 bridgehead atoms. The van der Waals surface area contributed by atoms with Gasteiger partial charge in [-0.3, -0.25) is 9.55 Å². The van der Waals surface area contributed by atoms with Crippen LogP contribution in [0.3, 0.4) is 0 Å². The topological polar surface area (TPSA) is 97.2 Å². The molecule has 27 heavy (non-hydrogen) atoms. The van der Waals surface area contributed by atoms with Crippen LogP contribution in [0.1, 0.15) is 31.0 Å². The molecule has 3 heterocycles. The zero-order chi connectivity index (χ0) is 18.7. The highest BCUT2D eigenvalue weighted by Crippen LogP contribution is 2.47. The normalized spacial score (nSPS) is 14.7. The van der Waals surface area contributed by atoms with Gasteiger partial charge in [0, 0.05) is 22.7 Å². The minimum Gasteiger partial charge on any atom is -0.494 e. The molecule has 0 aliphatic heterocycles. The number of anilines is 1. The quantitative estimate of drug-likeness (QED) is 0.496. The molecule has 4 aromatic rings. The molecule has 3 aromatic heterocycles. The van der Waals surface area contributed by atoms with Crippen molar-refractivity contribution in [3.05, 3.63) is 42.1 Å². The van der Waals surface area contributed by atoms with Crippen molar-refractivity contribution in [2.24, 2.45) is 0 Å². The van der Waals surface area contributed by atoms with E-state index in [4.69, 9.17) is 10.7 Å². The summed E-state index contributed by atoms with van der Waals surface area (Å²) in [6.45, 7) is 1.94. The van der Waals surface area contributed by atoms with E-state index in [1.165, 1.54) is 0 Å². The Bertz CT molecular complexity index is 1210. The second-order valence-corrected chi connectivity index (χ2v) is 7.22. The molecule has 6 heteroatoms. The second kappa shape index (κ2) is 5.61. The number of aromatic nitrogens is 3. The maximum absolute atomic E-state index is 10.8. The first-order valence-electron chi connectivity index (χ1n) is 9.14. The van der Waals surface area contributed by atoms with Gasteiger partial charge in [0.15, 0.2) is 0 Å². The van der Waals surface area contributed by atoms with Gasteiger partial charge < -0.3 is 15.9 Å². The van der Waals surface area contributed by atoms with E-state index in [0.29, 0.717) is 22.1 Å². The molecular formula is C21H20N4O2. The minimum absolute atomic E-state index is 0.00168. The average molecular weight is 360 g/mol. The molecule has 6 nitrogen and oxygen atoms in total. The monoisotopic (exact) mass is 360 g/mol. The van der Waals surface area contributed by atoms with Crippen molar-refractivity contribution in [3.63, 3.8) is 0 Å². The fraction of sp³-hybridized carbons (Fsp3) is 0.238. The smallest absolute Gasteiger partial charge is 0.221 e. The lowest BCUT2D eigenvalue weighted by atomic mass is 9.93. The Morgan fingerprint density at radius 3 is 2.48 bits per heavy atom. The lowest BCUT2D eigenvalue weighted by Gasteiger charge is -2.27. The van der Waals surface area contributed by atoms with Crippen molar-refractivity contribution < 1.29 is 10.2 Å². The fourth-order valence-electron chi connectivity index (χ4n) is 3.92. The van der Waals surface area contributed by atoms with Gasteiger partial charge in [0.2, 0.25) is 11.8 Å². The summed E-state index contributed by atoms with van der Waals surface area (Å²) in [6, 6.07) is 11.7. The molecule has 0 amide bonds. The predicted octanol–water partition coefficient (Wildman–Crippen LogP) is 4.28. The van der Waals surface area contributed by atoms with Crippen molar-refractivity contribution in [2.45, 2.75) is 32.2 Å². The third-order valence-corrected chi connectivity index (χ3v) is 5.55. The first kappa shape index (κ1) is 15.9. The van der Waals surface area contributed by atoms with Gasteiger partial charge in [0.25, 0.3) is 0 Å². The Labute approximate surface area is 155 Å². The van der Waals surface area contributed by atoms with Crippen LogP contribution in [0.2, 0.25) is 0 Å². The van der Waals surface area contributed by atoms with E-state index in [0.717, 1.165) is 41.6 Å². The number of hydrogen-bond donors (Lipinski definition) is 3. The number of nitrogens with two attached hydrogens (primary N) is 1. The van der Waals surface area contributed by atoms with Gasteiger partial charge in [-0.15, -0.1) is 0 Å². The van der Waals surface area contributed by atoms with E-state index < -0.39 is 0 Å². The number of hydrogen-bond acceptors (Lipinski definition) is 5. The summed E-state index contributed by atoms with van der Waals surface area (Å²) >= 11 is 0. The van der Waals surface area contributed by atoms with E-state index in [2.05, 4.69) is 4.98 Å². The van der Waals surface area contributed by atoms with Crippen LogP contribution in [0.15, 0.2) is 36.4 Å². The Hall–Kier alpha value is -3.28. The number of aryl methyl sites for hydroxylation is 1. The van der Waals surface area contributed by atoms with Gasteiger partial charge in [0.1, 0.15) is 5.52 Å². The highest BCUT2D eigenvalue weighted by atomic mass is 16.3. The molecule has 1 aliphatic rings. The SMILES string of the molecule is Cc1cccc(-c2cccc3c(N)c4c(O)n(C5CCC5)c(O)c4nc23)n1. The van der Waals surface area contributed by atoms with E-state index in [9.17, 15) is 10.2 Å². The third-order valence-electron chi connectivity index (χ3n) is 5.55. The summed E-state index contributed by atoms with van der Waals surface area (Å²) in [4.78, 5) is 9.32. The standard InChI is InChI=1S/C21H20N4O2/c1-11-5-2-10-15(23-11)13-8-4-9-14-17(22)16-19(24-18(13)14)21(27)25(20(16)26)12-6-3-7-12/h2,4-5,8-10,12,26-27H,3,6-7,22H2,1H3. The number of rotatable bonds is 2. The molecule has 1 saturated carbocycles. The highest BCUT2D eigenvalue weighted by molar-refractivity contribution is 6.13. The van der Waals surface area contributed by atoms with Gasteiger partial charge in [-0.05, 0) is 38.3 Å². The van der Waals surface area contributed by atoms with Gasteiger partial charge in [0.05, 0.1) is 22.3 Å². The van der Waals surface area contributed by atoms with Crippen LogP contribution >= 0.6 is 0 Å². The van der Waals surface area contributed by atoms with Crippen molar-refractivity contribution >= 4 is 27.5 Å². The lowest BCUT2D eigenvalue weighted by molar-refractivity contribution is 0.255. The Morgan fingerprint density at radius 1 is 1.00 bits per heavy atom. The number of aromatic hydroxyl groups is 2. The molecule has 1 fully saturated rings. The summed E-state index contributed by atoms with van der Waals surface area (Å²) in [5.41, 5.74) is 10.4. The summed E-state index contributed by atoms with van der Waals surface area (Å²) in [5, 5.41) is 22.7. The Kier molecular flexibility index (Phi) is 3.31. The van der Waals surface area contributed by atoms with Gasteiger partial charge in [-0.1, -0.05) is 24.3 Å². The van der Waals surface area contributed by atoms with E-state index in [1.807, 2.05) is 43.3 Å². The van der Waals surface area contributed by atoms with Crippen LogP contribution in [0.4, 0.5) is 5.69 Å². The lowest BCUT2D eigenvalue weighted by Crippen LogP contribution is -2.15. The molecule has 1 aromatic carbocycles. The van der Waals surface area contributed by atoms with Gasteiger partial charge in [-0.2, -0.15) is 0 Å². The van der Waals surface area contributed by atoms with Crippen molar-refractivity contribution in [3.8, 4) is 23.0 Å². The maximum Gasteiger partial charge on any atom is 0.221 e. The first-order chi connectivity index (χ1) is 13.1. The molecule has 0 radical (unpaired) electrons. The van der Waals surface area contributed by atoms with Crippen LogP contribution in [0.25, 0.3) is 33.1 Å². The second-order valence-electron chi connectivity index (χ2n) is 7.22. The number of nitrogen functional groups attached to an aromatic ring is 1. The molecule has 0 saturated heterocycles. The fourth-order valence-corrected chi connectivity index (χ4v) is 3.92. The van der Waals surface area contributed by atoms with Crippen LogP contribution in [0.5, 0.6) is 11.8 Å². The van der Waals surface area contributed by atoms with Crippen LogP contribution in [-0.2, 0) is 0 Å². The Morgan fingerprint density at radius 2 is 1.78 bits per heavy atom. The maximum atomic E-state index is 10.8.